The zero-order chi connectivity index (χ0) is 22.2. The molecule has 0 spiro atoms. The van der Waals surface area contributed by atoms with Crippen LogP contribution in [-0.4, -0.2) is 23.4 Å². The minimum absolute atomic E-state index is 0.0983. The summed E-state index contributed by atoms with van der Waals surface area (Å²) in [6.45, 7) is 2.66. The van der Waals surface area contributed by atoms with Crippen molar-refractivity contribution in [3.05, 3.63) is 83.1 Å². The fourth-order valence-corrected chi connectivity index (χ4v) is 4.71. The molecular weight excluding hydrogens is 424 g/mol. The lowest BCUT2D eigenvalue weighted by Gasteiger charge is -2.09. The zero-order valence-electron chi connectivity index (χ0n) is 17.5. The van der Waals surface area contributed by atoms with E-state index in [0.717, 1.165) is 10.2 Å². The Morgan fingerprint density at radius 2 is 1.88 bits per heavy atom. The van der Waals surface area contributed by atoms with Crippen LogP contribution >= 0.6 is 11.3 Å². The quantitative estimate of drug-likeness (QED) is 0.328. The van der Waals surface area contributed by atoms with Crippen molar-refractivity contribution >= 4 is 49.9 Å². The lowest BCUT2D eigenvalue weighted by molar-refractivity contribution is 0.101. The first-order valence-corrected chi connectivity index (χ1v) is 11.1. The number of amides is 1. The van der Waals surface area contributed by atoms with Gasteiger partial charge in [0.2, 0.25) is 5.78 Å². The Bertz CT molecular complexity index is 1460. The highest BCUT2D eigenvalue weighted by Crippen LogP contribution is 2.34. The van der Waals surface area contributed by atoms with Gasteiger partial charge in [0, 0.05) is 17.5 Å². The SMILES string of the molecule is CCn1c(C(=O)Nc2c(C(=O)c3ccc(OC)cc3)oc3ccccc23)cc2sccc21. The van der Waals surface area contributed by atoms with Crippen LogP contribution in [0.5, 0.6) is 5.75 Å². The normalized spacial score (nSPS) is 11.2. The van der Waals surface area contributed by atoms with E-state index in [9.17, 15) is 9.59 Å². The van der Waals surface area contributed by atoms with Crippen molar-refractivity contribution in [3.8, 4) is 5.75 Å². The first kappa shape index (κ1) is 20.1. The van der Waals surface area contributed by atoms with Crippen LogP contribution in [0.15, 0.2) is 70.5 Å². The smallest absolute Gasteiger partial charge is 0.272 e. The Hall–Kier alpha value is -3.84. The number of thiophene rings is 1. The third-order valence-electron chi connectivity index (χ3n) is 5.46. The molecule has 5 rings (SSSR count). The lowest BCUT2D eigenvalue weighted by atomic mass is 10.1. The van der Waals surface area contributed by atoms with Crippen LogP contribution in [0.3, 0.4) is 0 Å². The predicted molar refractivity (Wildman–Crippen MR) is 126 cm³/mol. The number of ketones is 1. The van der Waals surface area contributed by atoms with Gasteiger partial charge < -0.3 is 19.0 Å². The number of aromatic nitrogens is 1. The summed E-state index contributed by atoms with van der Waals surface area (Å²) in [7, 11) is 1.57. The number of anilines is 1. The summed E-state index contributed by atoms with van der Waals surface area (Å²) in [6, 6.07) is 18.0. The minimum atomic E-state index is -0.314. The number of carbonyl (C=O) groups is 2. The van der Waals surface area contributed by atoms with E-state index >= 15 is 0 Å². The third-order valence-corrected chi connectivity index (χ3v) is 6.32. The van der Waals surface area contributed by atoms with Crippen molar-refractivity contribution < 1.29 is 18.7 Å². The number of fused-ring (bicyclic) bond motifs is 2. The van der Waals surface area contributed by atoms with Crippen LogP contribution in [0, 0.1) is 0 Å². The van der Waals surface area contributed by atoms with Crippen LogP contribution in [0.2, 0.25) is 0 Å². The third kappa shape index (κ3) is 3.27. The number of aryl methyl sites for hydroxylation is 1. The van der Waals surface area contributed by atoms with Crippen molar-refractivity contribution in [1.82, 2.24) is 4.57 Å². The van der Waals surface area contributed by atoms with Gasteiger partial charge in [-0.3, -0.25) is 9.59 Å². The number of rotatable bonds is 6. The van der Waals surface area contributed by atoms with Crippen LogP contribution in [0.1, 0.15) is 33.5 Å². The molecule has 0 aliphatic rings. The highest BCUT2D eigenvalue weighted by molar-refractivity contribution is 7.17. The van der Waals surface area contributed by atoms with Crippen molar-refractivity contribution in [2.75, 3.05) is 12.4 Å². The molecule has 32 heavy (non-hydrogen) atoms. The molecule has 0 unspecified atom stereocenters. The van der Waals surface area contributed by atoms with Gasteiger partial charge in [-0.05, 0) is 60.8 Å². The number of ether oxygens (including phenoxy) is 1. The number of hydrogen-bond donors (Lipinski definition) is 1. The summed E-state index contributed by atoms with van der Waals surface area (Å²) in [5, 5.41) is 5.64. The molecule has 160 valence electrons. The monoisotopic (exact) mass is 444 g/mol. The molecule has 0 aliphatic heterocycles. The molecule has 0 saturated heterocycles. The fourth-order valence-electron chi connectivity index (χ4n) is 3.89. The number of hydrogen-bond acceptors (Lipinski definition) is 5. The first-order chi connectivity index (χ1) is 15.6. The van der Waals surface area contributed by atoms with E-state index in [0.29, 0.717) is 40.2 Å². The molecule has 0 bridgehead atoms. The molecule has 7 heteroatoms. The Balaban J connectivity index is 1.57. The van der Waals surface area contributed by atoms with Crippen molar-refractivity contribution in [2.24, 2.45) is 0 Å². The van der Waals surface area contributed by atoms with Gasteiger partial charge in [0.25, 0.3) is 5.91 Å². The molecule has 5 aromatic rings. The fraction of sp³-hybridized carbons (Fsp3) is 0.120. The summed E-state index contributed by atoms with van der Waals surface area (Å²) >= 11 is 1.59. The van der Waals surface area contributed by atoms with E-state index in [1.807, 2.05) is 47.2 Å². The van der Waals surface area contributed by atoms with Crippen molar-refractivity contribution in [1.29, 1.82) is 0 Å². The maximum atomic E-state index is 13.3. The second-order valence-corrected chi connectivity index (χ2v) is 8.21. The molecule has 0 aliphatic carbocycles. The van der Waals surface area contributed by atoms with Gasteiger partial charge in [-0.2, -0.15) is 0 Å². The topological polar surface area (TPSA) is 73.5 Å². The number of nitrogens with one attached hydrogen (secondary N) is 1. The Morgan fingerprint density at radius 3 is 2.62 bits per heavy atom. The summed E-state index contributed by atoms with van der Waals surface area (Å²) in [6.07, 6.45) is 0. The van der Waals surface area contributed by atoms with Gasteiger partial charge in [-0.15, -0.1) is 11.3 Å². The number of para-hydroxylation sites is 1. The maximum absolute atomic E-state index is 13.3. The molecule has 0 saturated carbocycles. The number of methoxy groups -OCH3 is 1. The lowest BCUT2D eigenvalue weighted by Crippen LogP contribution is -2.18. The van der Waals surface area contributed by atoms with E-state index in [4.69, 9.17) is 9.15 Å². The minimum Gasteiger partial charge on any atom is -0.497 e. The summed E-state index contributed by atoms with van der Waals surface area (Å²) in [5.41, 5.74) is 2.92. The molecule has 0 atom stereocenters. The number of carbonyl (C=O) groups excluding carboxylic acids is 2. The highest BCUT2D eigenvalue weighted by atomic mass is 32.1. The second-order valence-electron chi connectivity index (χ2n) is 7.26. The molecule has 3 heterocycles. The van der Waals surface area contributed by atoms with E-state index in [2.05, 4.69) is 5.32 Å². The van der Waals surface area contributed by atoms with Crippen molar-refractivity contribution in [2.45, 2.75) is 13.5 Å². The van der Waals surface area contributed by atoms with Crippen LogP contribution < -0.4 is 10.1 Å². The average Bonchev–Trinajstić information content (AvgIpc) is 3.52. The van der Waals surface area contributed by atoms with Crippen molar-refractivity contribution in [3.63, 3.8) is 0 Å². The maximum Gasteiger partial charge on any atom is 0.272 e. The Kier molecular flexibility index (Phi) is 5.03. The summed E-state index contributed by atoms with van der Waals surface area (Å²) < 4.78 is 14.1. The number of furan rings is 1. The predicted octanol–water partition coefficient (Wildman–Crippen LogP) is 5.96. The summed E-state index contributed by atoms with van der Waals surface area (Å²) in [5.74, 6) is 0.151. The Morgan fingerprint density at radius 1 is 1.09 bits per heavy atom. The molecule has 1 amide bonds. The van der Waals surface area contributed by atoms with E-state index in [1.54, 1.807) is 48.8 Å². The molecular formula is C25H20N2O4S. The molecule has 0 radical (unpaired) electrons. The van der Waals surface area contributed by atoms with Gasteiger partial charge in [0.1, 0.15) is 17.0 Å². The van der Waals surface area contributed by atoms with E-state index in [-0.39, 0.29) is 17.5 Å². The summed E-state index contributed by atoms with van der Waals surface area (Å²) in [4.78, 5) is 26.6. The molecule has 3 aromatic heterocycles. The van der Waals surface area contributed by atoms with Gasteiger partial charge >= 0.3 is 0 Å². The molecule has 0 fully saturated rings. The number of nitrogens with zero attached hydrogens (tertiary/aromatic N) is 1. The van der Waals surface area contributed by atoms with Gasteiger partial charge in [0.05, 0.1) is 23.0 Å². The van der Waals surface area contributed by atoms with Gasteiger partial charge in [-0.1, -0.05) is 12.1 Å². The van der Waals surface area contributed by atoms with Crippen LogP contribution in [0.25, 0.3) is 21.2 Å². The van der Waals surface area contributed by atoms with E-state index in [1.165, 1.54) is 0 Å². The standard InChI is InChI=1S/C25H20N2O4S/c1-3-27-18-12-13-32-21(18)14-19(27)25(29)26-22-17-6-4-5-7-20(17)31-24(22)23(28)15-8-10-16(30-2)11-9-15/h4-14H,3H2,1-2H3,(H,26,29). The molecule has 6 nitrogen and oxygen atoms in total. The zero-order valence-corrected chi connectivity index (χ0v) is 18.4. The number of benzene rings is 2. The average molecular weight is 445 g/mol. The van der Waals surface area contributed by atoms with Gasteiger partial charge in [0.15, 0.2) is 5.76 Å². The van der Waals surface area contributed by atoms with Crippen LogP contribution in [0.4, 0.5) is 5.69 Å². The van der Waals surface area contributed by atoms with Crippen LogP contribution in [-0.2, 0) is 6.54 Å². The largest absolute Gasteiger partial charge is 0.497 e. The van der Waals surface area contributed by atoms with Gasteiger partial charge in [-0.25, -0.2) is 0 Å². The first-order valence-electron chi connectivity index (χ1n) is 10.2. The highest BCUT2D eigenvalue weighted by Gasteiger charge is 2.25. The molecule has 1 N–H and O–H groups in total. The second kappa shape index (κ2) is 8.01. The Labute approximate surface area is 188 Å². The van der Waals surface area contributed by atoms with E-state index < -0.39 is 0 Å². The molecule has 2 aromatic carbocycles.